The second-order valence-corrected chi connectivity index (χ2v) is 6.50. The van der Waals surface area contributed by atoms with Crippen LogP contribution in [0.5, 0.6) is 0 Å². The summed E-state index contributed by atoms with van der Waals surface area (Å²) in [6.45, 7) is 2.47. The number of nitrogen functional groups attached to an aromatic ring is 1. The van der Waals surface area contributed by atoms with Gasteiger partial charge in [-0.05, 0) is 18.2 Å². The van der Waals surface area contributed by atoms with E-state index in [-0.39, 0.29) is 10.7 Å². The second-order valence-electron chi connectivity index (χ2n) is 6.09. The molecule has 0 amide bonds. The number of carbonyl (C=O) groups is 1. The van der Waals surface area contributed by atoms with E-state index in [4.69, 9.17) is 22.1 Å². The summed E-state index contributed by atoms with van der Waals surface area (Å²) in [5.41, 5.74) is 8.23. The Morgan fingerprint density at radius 3 is 2.63 bits per heavy atom. The first-order chi connectivity index (χ1) is 13.0. The second kappa shape index (κ2) is 6.98. The molecule has 3 N–H and O–H groups in total. The Morgan fingerprint density at radius 1 is 1.15 bits per heavy atom. The number of nitrogens with two attached hydrogens (primary N) is 1. The third kappa shape index (κ3) is 3.36. The minimum atomic E-state index is -1.17. The molecule has 0 aliphatic carbocycles. The molecule has 1 saturated heterocycles. The number of rotatable bonds is 3. The van der Waals surface area contributed by atoms with Gasteiger partial charge >= 0.3 is 5.97 Å². The third-order valence-electron chi connectivity index (χ3n) is 4.27. The van der Waals surface area contributed by atoms with Gasteiger partial charge in [0.1, 0.15) is 16.7 Å². The summed E-state index contributed by atoms with van der Waals surface area (Å²) in [7, 11) is 0. The van der Waals surface area contributed by atoms with Crippen molar-refractivity contribution in [2.45, 2.75) is 0 Å². The van der Waals surface area contributed by atoms with Gasteiger partial charge < -0.3 is 20.5 Å². The van der Waals surface area contributed by atoms with Gasteiger partial charge in [0.2, 0.25) is 5.95 Å². The molecule has 27 heavy (non-hydrogen) atoms. The SMILES string of the molecule is Nc1cccc(-c2nc(N3CCOCC3)nc3c(Cl)cc(C(=O)O)nc23)c1. The Balaban J connectivity index is 1.99. The van der Waals surface area contributed by atoms with E-state index in [0.717, 1.165) is 0 Å². The van der Waals surface area contributed by atoms with Crippen LogP contribution in [0.3, 0.4) is 0 Å². The first-order valence-electron chi connectivity index (χ1n) is 8.33. The van der Waals surface area contributed by atoms with E-state index in [1.165, 1.54) is 6.07 Å². The molecule has 138 valence electrons. The highest BCUT2D eigenvalue weighted by Gasteiger charge is 2.21. The fourth-order valence-corrected chi connectivity index (χ4v) is 3.19. The lowest BCUT2D eigenvalue weighted by molar-refractivity contribution is 0.0691. The lowest BCUT2D eigenvalue weighted by Crippen LogP contribution is -2.37. The molecule has 1 aromatic carbocycles. The monoisotopic (exact) mass is 385 g/mol. The number of morpholine rings is 1. The Kier molecular flexibility index (Phi) is 4.51. The average Bonchev–Trinajstić information content (AvgIpc) is 2.68. The van der Waals surface area contributed by atoms with Crippen molar-refractivity contribution >= 4 is 40.2 Å². The van der Waals surface area contributed by atoms with Gasteiger partial charge in [-0.1, -0.05) is 23.7 Å². The molecule has 3 aromatic rings. The summed E-state index contributed by atoms with van der Waals surface area (Å²) < 4.78 is 5.39. The first-order valence-corrected chi connectivity index (χ1v) is 8.71. The zero-order chi connectivity index (χ0) is 19.0. The molecular formula is C18H16ClN5O3. The van der Waals surface area contributed by atoms with Crippen molar-refractivity contribution in [1.82, 2.24) is 15.0 Å². The highest BCUT2D eigenvalue weighted by atomic mass is 35.5. The van der Waals surface area contributed by atoms with Crippen LogP contribution in [0.4, 0.5) is 11.6 Å². The molecule has 9 heteroatoms. The predicted molar refractivity (Wildman–Crippen MR) is 102 cm³/mol. The van der Waals surface area contributed by atoms with Crippen LogP contribution in [-0.2, 0) is 4.74 Å². The number of carboxylic acids is 1. The van der Waals surface area contributed by atoms with Crippen LogP contribution in [0.1, 0.15) is 10.5 Å². The molecule has 0 bridgehead atoms. The number of pyridine rings is 1. The normalized spacial score (nSPS) is 14.5. The molecule has 1 fully saturated rings. The van der Waals surface area contributed by atoms with Crippen molar-refractivity contribution in [3.63, 3.8) is 0 Å². The van der Waals surface area contributed by atoms with Gasteiger partial charge in [0.05, 0.1) is 18.2 Å². The molecule has 1 aliphatic rings. The van der Waals surface area contributed by atoms with Crippen LogP contribution in [0.15, 0.2) is 30.3 Å². The number of nitrogens with zero attached hydrogens (tertiary/aromatic N) is 4. The summed E-state index contributed by atoms with van der Waals surface area (Å²) in [4.78, 5) is 26.9. The van der Waals surface area contributed by atoms with Gasteiger partial charge in [0, 0.05) is 24.3 Å². The summed E-state index contributed by atoms with van der Waals surface area (Å²) in [6.07, 6.45) is 0. The number of anilines is 2. The lowest BCUT2D eigenvalue weighted by Gasteiger charge is -2.27. The van der Waals surface area contributed by atoms with E-state index < -0.39 is 5.97 Å². The number of carboxylic acid groups (broad SMARTS) is 1. The summed E-state index contributed by atoms with van der Waals surface area (Å²) in [6, 6.07) is 8.46. The molecule has 0 spiro atoms. The molecule has 0 saturated carbocycles. The fourth-order valence-electron chi connectivity index (χ4n) is 2.96. The van der Waals surface area contributed by atoms with Crippen molar-refractivity contribution < 1.29 is 14.6 Å². The van der Waals surface area contributed by atoms with E-state index in [9.17, 15) is 9.90 Å². The maximum atomic E-state index is 11.4. The number of halogens is 1. The number of aromatic nitrogens is 3. The van der Waals surface area contributed by atoms with Gasteiger partial charge in [0.15, 0.2) is 5.69 Å². The standard InChI is InChI=1S/C18H16ClN5O3/c19-12-9-13(17(25)26)21-16-14(10-2-1-3-11(20)8-10)22-18(23-15(12)16)24-4-6-27-7-5-24/h1-3,8-9H,4-7,20H2,(H,25,26). The highest BCUT2D eigenvalue weighted by Crippen LogP contribution is 2.32. The number of aromatic carboxylic acids is 1. The largest absolute Gasteiger partial charge is 0.477 e. The molecule has 2 aromatic heterocycles. The molecule has 0 atom stereocenters. The van der Waals surface area contributed by atoms with Gasteiger partial charge in [-0.2, -0.15) is 0 Å². The van der Waals surface area contributed by atoms with E-state index in [0.29, 0.717) is 60.2 Å². The van der Waals surface area contributed by atoms with Crippen LogP contribution in [0.2, 0.25) is 5.02 Å². The van der Waals surface area contributed by atoms with Crippen molar-refractivity contribution in [3.05, 3.63) is 41.0 Å². The summed E-state index contributed by atoms with van der Waals surface area (Å²) in [5.74, 6) is -0.676. The molecule has 0 radical (unpaired) electrons. The van der Waals surface area contributed by atoms with Gasteiger partial charge in [-0.3, -0.25) is 0 Å². The highest BCUT2D eigenvalue weighted by molar-refractivity contribution is 6.35. The van der Waals surface area contributed by atoms with Crippen LogP contribution in [0, 0.1) is 0 Å². The summed E-state index contributed by atoms with van der Waals surface area (Å²) >= 11 is 6.35. The van der Waals surface area contributed by atoms with Crippen LogP contribution >= 0.6 is 11.6 Å². The van der Waals surface area contributed by atoms with Gasteiger partial charge in [0.25, 0.3) is 0 Å². The molecule has 4 rings (SSSR count). The summed E-state index contributed by atoms with van der Waals surface area (Å²) in [5, 5.41) is 9.54. The van der Waals surface area contributed by atoms with Gasteiger partial charge in [-0.15, -0.1) is 0 Å². The van der Waals surface area contributed by atoms with Crippen molar-refractivity contribution in [1.29, 1.82) is 0 Å². The maximum Gasteiger partial charge on any atom is 0.354 e. The number of hydrogen-bond donors (Lipinski definition) is 2. The predicted octanol–water partition coefficient (Wildman–Crippen LogP) is 2.46. The number of ether oxygens (including phenoxy) is 1. The van der Waals surface area contributed by atoms with E-state index in [1.807, 2.05) is 11.0 Å². The molecular weight excluding hydrogens is 370 g/mol. The Hall–Kier alpha value is -2.97. The van der Waals surface area contributed by atoms with Crippen LogP contribution in [-0.4, -0.2) is 52.3 Å². The quantitative estimate of drug-likeness (QED) is 0.661. The molecule has 3 heterocycles. The average molecular weight is 386 g/mol. The van der Waals surface area contributed by atoms with Crippen molar-refractivity contribution in [2.24, 2.45) is 0 Å². The van der Waals surface area contributed by atoms with Gasteiger partial charge in [-0.25, -0.2) is 19.7 Å². The van der Waals surface area contributed by atoms with Crippen molar-refractivity contribution in [2.75, 3.05) is 36.9 Å². The van der Waals surface area contributed by atoms with E-state index in [2.05, 4.69) is 15.0 Å². The first kappa shape index (κ1) is 17.4. The number of benzene rings is 1. The zero-order valence-corrected chi connectivity index (χ0v) is 15.0. The Bertz CT molecular complexity index is 1040. The Labute approximate surface area is 159 Å². The Morgan fingerprint density at radius 2 is 1.93 bits per heavy atom. The van der Waals surface area contributed by atoms with Crippen LogP contribution < -0.4 is 10.6 Å². The lowest BCUT2D eigenvalue weighted by atomic mass is 10.1. The molecule has 1 aliphatic heterocycles. The molecule has 8 nitrogen and oxygen atoms in total. The maximum absolute atomic E-state index is 11.4. The minimum Gasteiger partial charge on any atom is -0.477 e. The topological polar surface area (TPSA) is 114 Å². The minimum absolute atomic E-state index is 0.166. The molecule has 0 unspecified atom stereocenters. The van der Waals surface area contributed by atoms with Crippen molar-refractivity contribution in [3.8, 4) is 11.3 Å². The smallest absolute Gasteiger partial charge is 0.354 e. The fraction of sp³-hybridized carbons (Fsp3) is 0.222. The van der Waals surface area contributed by atoms with E-state index >= 15 is 0 Å². The van der Waals surface area contributed by atoms with E-state index in [1.54, 1.807) is 18.2 Å². The third-order valence-corrected chi connectivity index (χ3v) is 4.56. The number of fused-ring (bicyclic) bond motifs is 1. The van der Waals surface area contributed by atoms with Crippen LogP contribution in [0.25, 0.3) is 22.3 Å². The zero-order valence-electron chi connectivity index (χ0n) is 14.2. The number of hydrogen-bond acceptors (Lipinski definition) is 7.